The lowest BCUT2D eigenvalue weighted by Crippen LogP contribution is -2.28. The Morgan fingerprint density at radius 1 is 1.31 bits per heavy atom. The zero-order chi connectivity index (χ0) is 18.8. The monoisotopic (exact) mass is 372 g/mol. The summed E-state index contributed by atoms with van der Waals surface area (Å²) >= 11 is 5.35. The van der Waals surface area contributed by atoms with Gasteiger partial charge >= 0.3 is 5.97 Å². The molecule has 6 nitrogen and oxygen atoms in total. The number of likely N-dealkylation sites (tertiary alicyclic amines) is 1. The zero-order valence-electron chi connectivity index (χ0n) is 14.6. The molecule has 26 heavy (non-hydrogen) atoms. The summed E-state index contributed by atoms with van der Waals surface area (Å²) < 4.78 is 5.85. The van der Waals surface area contributed by atoms with E-state index in [0.717, 1.165) is 5.69 Å². The Balaban J connectivity index is 1.91. The fourth-order valence-corrected chi connectivity index (χ4v) is 3.44. The largest absolute Gasteiger partial charge is 0.481 e. The molecule has 0 aliphatic carbocycles. The molecule has 0 spiro atoms. The van der Waals surface area contributed by atoms with Crippen molar-refractivity contribution in [3.8, 4) is 5.75 Å². The Labute approximate surface area is 157 Å². The van der Waals surface area contributed by atoms with E-state index in [1.807, 2.05) is 38.1 Å². The number of hydrogen-bond acceptors (Lipinski definition) is 5. The number of benzene rings is 1. The minimum atomic E-state index is -0.879. The smallest absolute Gasteiger partial charge is 0.305 e. The zero-order valence-corrected chi connectivity index (χ0v) is 15.5. The summed E-state index contributed by atoms with van der Waals surface area (Å²) in [7, 11) is 0. The molecular formula is C19H20N2O4S. The maximum Gasteiger partial charge on any atom is 0.305 e. The SMILES string of the molecule is CCN1C(=O)/C(=C/C=C2/Oc3ccccc3N2CCC(=O)O)[C@H](C)C1=S. The summed E-state index contributed by atoms with van der Waals surface area (Å²) in [5, 5.41) is 9.00. The minimum Gasteiger partial charge on any atom is -0.481 e. The van der Waals surface area contributed by atoms with Crippen LogP contribution in [0.25, 0.3) is 0 Å². The Morgan fingerprint density at radius 3 is 2.69 bits per heavy atom. The average Bonchev–Trinajstić information content (AvgIpc) is 3.06. The molecule has 0 unspecified atom stereocenters. The van der Waals surface area contributed by atoms with Crippen LogP contribution < -0.4 is 9.64 Å². The predicted molar refractivity (Wildman–Crippen MR) is 102 cm³/mol. The van der Waals surface area contributed by atoms with Gasteiger partial charge in [-0.3, -0.25) is 9.59 Å². The second kappa shape index (κ2) is 7.29. The number of ether oxygens (including phenoxy) is 1. The van der Waals surface area contributed by atoms with Gasteiger partial charge in [0.15, 0.2) is 5.75 Å². The van der Waals surface area contributed by atoms with Crippen LogP contribution in [0.1, 0.15) is 20.3 Å². The Morgan fingerprint density at radius 2 is 2.04 bits per heavy atom. The maximum absolute atomic E-state index is 12.5. The van der Waals surface area contributed by atoms with E-state index in [4.69, 9.17) is 22.1 Å². The number of carboxylic acid groups (broad SMARTS) is 1. The molecule has 1 amide bonds. The van der Waals surface area contributed by atoms with Gasteiger partial charge in [0.2, 0.25) is 5.88 Å². The van der Waals surface area contributed by atoms with Gasteiger partial charge in [0.05, 0.1) is 17.1 Å². The van der Waals surface area contributed by atoms with Crippen LogP contribution in [0.5, 0.6) is 5.75 Å². The van der Waals surface area contributed by atoms with Gasteiger partial charge in [-0.25, -0.2) is 0 Å². The summed E-state index contributed by atoms with van der Waals surface area (Å²) in [5.41, 5.74) is 1.43. The number of nitrogens with zero attached hydrogens (tertiary/aromatic N) is 2. The first-order valence-corrected chi connectivity index (χ1v) is 8.88. The number of hydrogen-bond donors (Lipinski definition) is 1. The molecule has 0 radical (unpaired) electrons. The van der Waals surface area contributed by atoms with Crippen molar-refractivity contribution in [2.45, 2.75) is 20.3 Å². The minimum absolute atomic E-state index is 0.0192. The number of anilines is 1. The highest BCUT2D eigenvalue weighted by molar-refractivity contribution is 7.80. The fourth-order valence-electron chi connectivity index (χ4n) is 3.10. The number of fused-ring (bicyclic) bond motifs is 1. The Hall–Kier alpha value is -2.67. The highest BCUT2D eigenvalue weighted by Gasteiger charge is 2.36. The molecule has 1 N–H and O–H groups in total. The van der Waals surface area contributed by atoms with Crippen molar-refractivity contribution in [2.24, 2.45) is 5.92 Å². The Kier molecular flexibility index (Phi) is 5.08. The second-order valence-corrected chi connectivity index (χ2v) is 6.52. The van der Waals surface area contributed by atoms with E-state index >= 15 is 0 Å². The number of aliphatic carboxylic acids is 1. The van der Waals surface area contributed by atoms with Gasteiger partial charge in [0.25, 0.3) is 5.91 Å². The van der Waals surface area contributed by atoms with E-state index in [0.29, 0.717) is 28.7 Å². The van der Waals surface area contributed by atoms with Crippen LogP contribution in [0.4, 0.5) is 5.69 Å². The van der Waals surface area contributed by atoms with Crippen LogP contribution in [-0.2, 0) is 9.59 Å². The molecule has 1 aromatic carbocycles. The summed E-state index contributed by atoms with van der Waals surface area (Å²) in [6.07, 6.45) is 3.42. The number of para-hydroxylation sites is 2. The standard InChI is InChI=1S/C19H20N2O4S/c1-3-20-18(24)13(12(2)19(20)26)8-9-16-21(11-10-17(22)23)14-6-4-5-7-15(14)25-16/h4-9,12H,3,10-11H2,1-2H3,(H,22,23)/b13-8+,16-9+/t12-/m0/s1. The average molecular weight is 372 g/mol. The molecule has 0 bridgehead atoms. The molecule has 7 heteroatoms. The molecule has 2 aliphatic rings. The van der Waals surface area contributed by atoms with Crippen molar-refractivity contribution in [3.05, 3.63) is 47.9 Å². The highest BCUT2D eigenvalue weighted by atomic mass is 32.1. The molecule has 3 rings (SSSR count). The van der Waals surface area contributed by atoms with Gasteiger partial charge in [-0.15, -0.1) is 0 Å². The van der Waals surface area contributed by atoms with Crippen LogP contribution in [-0.4, -0.2) is 40.0 Å². The third-order valence-corrected chi connectivity index (χ3v) is 5.08. The Bertz CT molecular complexity index is 831. The number of carbonyl (C=O) groups excluding carboxylic acids is 1. The molecule has 1 saturated heterocycles. The normalized spacial score (nSPS) is 22.3. The molecule has 0 saturated carbocycles. The number of thiocarbonyl (C=S) groups is 1. The first-order chi connectivity index (χ1) is 12.4. The molecule has 0 aromatic heterocycles. The lowest BCUT2D eigenvalue weighted by molar-refractivity contribution is -0.136. The molecular weight excluding hydrogens is 352 g/mol. The summed E-state index contributed by atoms with van der Waals surface area (Å²) in [5.74, 6) is 0.0652. The van der Waals surface area contributed by atoms with Gasteiger partial charge in [-0.1, -0.05) is 31.3 Å². The van der Waals surface area contributed by atoms with E-state index in [-0.39, 0.29) is 24.8 Å². The topological polar surface area (TPSA) is 70.1 Å². The lowest BCUT2D eigenvalue weighted by Gasteiger charge is -2.16. The van der Waals surface area contributed by atoms with E-state index in [9.17, 15) is 9.59 Å². The van der Waals surface area contributed by atoms with E-state index < -0.39 is 5.97 Å². The number of carboxylic acids is 1. The van der Waals surface area contributed by atoms with Crippen molar-refractivity contribution < 1.29 is 19.4 Å². The molecule has 1 atom stereocenters. The molecule has 136 valence electrons. The number of amides is 1. The number of carbonyl (C=O) groups is 2. The number of likely N-dealkylation sites (N-methyl/N-ethyl adjacent to an activating group) is 1. The van der Waals surface area contributed by atoms with Crippen molar-refractivity contribution >= 4 is 34.8 Å². The number of rotatable bonds is 5. The predicted octanol–water partition coefficient (Wildman–Crippen LogP) is 2.95. The van der Waals surface area contributed by atoms with Gasteiger partial charge < -0.3 is 19.6 Å². The lowest BCUT2D eigenvalue weighted by atomic mass is 10.0. The summed E-state index contributed by atoms with van der Waals surface area (Å²) in [6, 6.07) is 7.43. The van der Waals surface area contributed by atoms with Gasteiger partial charge in [0.1, 0.15) is 0 Å². The fraction of sp³-hybridized carbons (Fsp3) is 0.316. The third kappa shape index (κ3) is 3.22. The quantitative estimate of drug-likeness (QED) is 0.633. The van der Waals surface area contributed by atoms with Gasteiger partial charge in [-0.05, 0) is 31.2 Å². The second-order valence-electron chi connectivity index (χ2n) is 6.10. The van der Waals surface area contributed by atoms with Gasteiger partial charge in [0, 0.05) is 24.6 Å². The van der Waals surface area contributed by atoms with E-state index in [2.05, 4.69) is 0 Å². The van der Waals surface area contributed by atoms with Crippen molar-refractivity contribution in [1.82, 2.24) is 4.90 Å². The van der Waals surface area contributed by atoms with Gasteiger partial charge in [-0.2, -0.15) is 0 Å². The number of allylic oxidation sites excluding steroid dienone is 2. The van der Waals surface area contributed by atoms with Crippen LogP contribution in [0.3, 0.4) is 0 Å². The third-order valence-electron chi connectivity index (χ3n) is 4.50. The van der Waals surface area contributed by atoms with E-state index in [1.54, 1.807) is 22.0 Å². The molecule has 2 heterocycles. The van der Waals surface area contributed by atoms with Crippen LogP contribution in [0.2, 0.25) is 0 Å². The molecule has 2 aliphatic heterocycles. The first kappa shape index (κ1) is 18.1. The van der Waals surface area contributed by atoms with Crippen LogP contribution in [0, 0.1) is 5.92 Å². The first-order valence-electron chi connectivity index (χ1n) is 8.47. The summed E-state index contributed by atoms with van der Waals surface area (Å²) in [6.45, 7) is 4.63. The van der Waals surface area contributed by atoms with Crippen molar-refractivity contribution in [2.75, 3.05) is 18.0 Å². The van der Waals surface area contributed by atoms with Crippen molar-refractivity contribution in [1.29, 1.82) is 0 Å². The van der Waals surface area contributed by atoms with Crippen molar-refractivity contribution in [3.63, 3.8) is 0 Å². The van der Waals surface area contributed by atoms with Crippen LogP contribution in [0.15, 0.2) is 47.9 Å². The van der Waals surface area contributed by atoms with Crippen LogP contribution >= 0.6 is 12.2 Å². The summed E-state index contributed by atoms with van der Waals surface area (Å²) in [4.78, 5) is 27.5. The molecule has 1 aromatic rings. The maximum atomic E-state index is 12.5. The van der Waals surface area contributed by atoms with E-state index in [1.165, 1.54) is 0 Å². The molecule has 1 fully saturated rings. The highest BCUT2D eigenvalue weighted by Crippen LogP contribution is 2.39.